The molecule has 2 aromatic rings. The van der Waals surface area contributed by atoms with Crippen molar-refractivity contribution < 1.29 is 19.5 Å². The molecule has 1 saturated carbocycles. The van der Waals surface area contributed by atoms with Gasteiger partial charge < -0.3 is 21.1 Å². The van der Waals surface area contributed by atoms with E-state index in [0.29, 0.717) is 36.3 Å². The summed E-state index contributed by atoms with van der Waals surface area (Å²) in [6.45, 7) is 0.444. The highest BCUT2D eigenvalue weighted by Crippen LogP contribution is 2.36. The smallest absolute Gasteiger partial charge is 0.269 e. The SMILES string of the molecule is CN1CC[C@@](O)(C#Cc2ccnc(-n3nc(C(N)=O)c4c3CCC[C@@H]4NC(=O)C3CC3)c2)C1=O. The van der Waals surface area contributed by atoms with Gasteiger partial charge >= 0.3 is 0 Å². The van der Waals surface area contributed by atoms with Crippen LogP contribution in [0.1, 0.15) is 65.5 Å². The van der Waals surface area contributed by atoms with E-state index in [4.69, 9.17) is 5.73 Å². The van der Waals surface area contributed by atoms with Crippen molar-refractivity contribution in [2.45, 2.75) is 50.2 Å². The minimum Gasteiger partial charge on any atom is -0.369 e. The summed E-state index contributed by atoms with van der Waals surface area (Å²) in [5, 5.41) is 18.1. The maximum absolute atomic E-state index is 12.4. The van der Waals surface area contributed by atoms with E-state index >= 15 is 0 Å². The molecule has 2 aromatic heterocycles. The van der Waals surface area contributed by atoms with Crippen molar-refractivity contribution >= 4 is 17.7 Å². The first kappa shape index (κ1) is 22.1. The zero-order chi connectivity index (χ0) is 24.0. The van der Waals surface area contributed by atoms with Crippen molar-refractivity contribution in [2.75, 3.05) is 13.6 Å². The Kier molecular flexibility index (Phi) is 5.37. The van der Waals surface area contributed by atoms with E-state index in [0.717, 1.165) is 25.0 Å². The number of hydrogen-bond acceptors (Lipinski definition) is 6. The van der Waals surface area contributed by atoms with Gasteiger partial charge in [0.05, 0.1) is 11.7 Å². The lowest BCUT2D eigenvalue weighted by molar-refractivity contribution is -0.137. The molecule has 0 aromatic carbocycles. The summed E-state index contributed by atoms with van der Waals surface area (Å²) in [6, 6.07) is 3.03. The Labute approximate surface area is 196 Å². The monoisotopic (exact) mass is 462 g/mol. The van der Waals surface area contributed by atoms with Gasteiger partial charge in [-0.1, -0.05) is 11.8 Å². The van der Waals surface area contributed by atoms with Crippen LogP contribution in [0.4, 0.5) is 0 Å². The average Bonchev–Trinajstić information content (AvgIpc) is 3.56. The number of fused-ring (bicyclic) bond motifs is 1. The molecular weight excluding hydrogens is 436 g/mol. The molecule has 5 rings (SSSR count). The molecule has 0 bridgehead atoms. The van der Waals surface area contributed by atoms with E-state index in [1.54, 1.807) is 30.1 Å². The van der Waals surface area contributed by atoms with Gasteiger partial charge in [0.25, 0.3) is 11.8 Å². The second kappa shape index (κ2) is 8.25. The van der Waals surface area contributed by atoms with Crippen molar-refractivity contribution in [2.24, 2.45) is 11.7 Å². The Morgan fingerprint density at radius 1 is 1.32 bits per heavy atom. The lowest BCUT2D eigenvalue weighted by atomic mass is 9.90. The van der Waals surface area contributed by atoms with Crippen LogP contribution in [0.2, 0.25) is 0 Å². The average molecular weight is 463 g/mol. The summed E-state index contributed by atoms with van der Waals surface area (Å²) in [5.74, 6) is 4.99. The molecule has 176 valence electrons. The zero-order valence-electron chi connectivity index (χ0n) is 18.9. The third-order valence-corrected chi connectivity index (χ3v) is 6.66. The van der Waals surface area contributed by atoms with Crippen LogP contribution in [0.5, 0.6) is 0 Å². The maximum atomic E-state index is 12.4. The van der Waals surface area contributed by atoms with Crippen LogP contribution in [0.15, 0.2) is 18.3 Å². The summed E-state index contributed by atoms with van der Waals surface area (Å²) >= 11 is 0. The number of carbonyl (C=O) groups is 3. The summed E-state index contributed by atoms with van der Waals surface area (Å²) in [5.41, 5.74) is 6.05. The minimum atomic E-state index is -1.70. The molecule has 0 radical (unpaired) electrons. The van der Waals surface area contributed by atoms with E-state index in [2.05, 4.69) is 27.2 Å². The van der Waals surface area contributed by atoms with Gasteiger partial charge in [-0.3, -0.25) is 14.4 Å². The van der Waals surface area contributed by atoms with Crippen LogP contribution in [0.25, 0.3) is 5.82 Å². The second-order valence-electron chi connectivity index (χ2n) is 9.20. The fraction of sp³-hybridized carbons (Fsp3) is 0.458. The van der Waals surface area contributed by atoms with Gasteiger partial charge in [0.1, 0.15) is 0 Å². The molecule has 3 aliphatic rings. The standard InChI is InChI=1S/C24H26N6O4/c1-29-12-10-24(34,23(29)33)9-7-14-8-11-26-18(13-14)30-17-4-2-3-16(27-22(32)15-5-6-15)19(17)20(28-30)21(25)31/h8,11,13,15-16,34H,2-6,10,12H2,1H3,(H2,25,31)(H,27,32)/t16-,24-/m0/s1. The Hall–Kier alpha value is -3.71. The summed E-state index contributed by atoms with van der Waals surface area (Å²) in [6.07, 6.45) is 5.76. The predicted molar refractivity (Wildman–Crippen MR) is 121 cm³/mol. The van der Waals surface area contributed by atoms with Crippen LogP contribution in [-0.4, -0.2) is 61.7 Å². The Bertz CT molecular complexity index is 1250. The van der Waals surface area contributed by atoms with E-state index in [-0.39, 0.29) is 30.0 Å². The van der Waals surface area contributed by atoms with Crippen molar-refractivity contribution in [1.29, 1.82) is 0 Å². The third kappa shape index (κ3) is 3.92. The second-order valence-corrected chi connectivity index (χ2v) is 9.20. The molecule has 2 fully saturated rings. The first-order valence-corrected chi connectivity index (χ1v) is 11.5. The third-order valence-electron chi connectivity index (χ3n) is 6.66. The van der Waals surface area contributed by atoms with Gasteiger partial charge in [-0.05, 0) is 44.2 Å². The van der Waals surface area contributed by atoms with Crippen LogP contribution >= 0.6 is 0 Å². The maximum Gasteiger partial charge on any atom is 0.269 e. The number of likely N-dealkylation sites (tertiary alicyclic amines) is 1. The number of nitrogens with two attached hydrogens (primary N) is 1. The number of pyridine rings is 1. The number of rotatable bonds is 4. The number of nitrogens with zero attached hydrogens (tertiary/aromatic N) is 4. The molecule has 10 heteroatoms. The minimum absolute atomic E-state index is 0.00135. The first-order chi connectivity index (χ1) is 16.3. The van der Waals surface area contributed by atoms with Crippen molar-refractivity contribution in [3.8, 4) is 17.7 Å². The van der Waals surface area contributed by atoms with Crippen LogP contribution in [0.3, 0.4) is 0 Å². The van der Waals surface area contributed by atoms with Crippen LogP contribution in [0, 0.1) is 17.8 Å². The first-order valence-electron chi connectivity index (χ1n) is 11.5. The number of carbonyl (C=O) groups excluding carboxylic acids is 3. The van der Waals surface area contributed by atoms with Crippen LogP contribution in [-0.2, 0) is 16.0 Å². The molecule has 4 N–H and O–H groups in total. The van der Waals surface area contributed by atoms with E-state index in [1.807, 2.05) is 0 Å². The lowest BCUT2D eigenvalue weighted by Gasteiger charge is -2.24. The van der Waals surface area contributed by atoms with Crippen molar-refractivity contribution in [1.82, 2.24) is 25.0 Å². The molecule has 34 heavy (non-hydrogen) atoms. The van der Waals surface area contributed by atoms with E-state index < -0.39 is 17.4 Å². The molecule has 10 nitrogen and oxygen atoms in total. The van der Waals surface area contributed by atoms with Crippen LogP contribution < -0.4 is 11.1 Å². The van der Waals surface area contributed by atoms with E-state index in [9.17, 15) is 19.5 Å². The molecule has 2 aliphatic carbocycles. The molecular formula is C24H26N6O4. The van der Waals surface area contributed by atoms with Gasteiger partial charge in [0.15, 0.2) is 11.5 Å². The van der Waals surface area contributed by atoms with Crippen molar-refractivity contribution in [3.05, 3.63) is 40.8 Å². The summed E-state index contributed by atoms with van der Waals surface area (Å²) in [7, 11) is 1.63. The molecule has 3 heterocycles. The molecule has 1 saturated heterocycles. The highest BCUT2D eigenvalue weighted by atomic mass is 16.3. The normalized spacial score (nSPS) is 23.8. The number of primary amides is 1. The van der Waals surface area contributed by atoms with Gasteiger partial charge in [0, 0.05) is 43.3 Å². The van der Waals surface area contributed by atoms with Gasteiger partial charge in [-0.2, -0.15) is 5.10 Å². The lowest BCUT2D eigenvalue weighted by Crippen LogP contribution is -2.37. The largest absolute Gasteiger partial charge is 0.369 e. The molecule has 3 amide bonds. The van der Waals surface area contributed by atoms with E-state index in [1.165, 1.54) is 4.90 Å². The fourth-order valence-corrected chi connectivity index (χ4v) is 4.60. The molecule has 1 aliphatic heterocycles. The van der Waals surface area contributed by atoms with Gasteiger partial charge in [0.2, 0.25) is 11.5 Å². The number of amides is 3. The van der Waals surface area contributed by atoms with Crippen molar-refractivity contribution in [3.63, 3.8) is 0 Å². The summed E-state index contributed by atoms with van der Waals surface area (Å²) < 4.78 is 1.58. The Morgan fingerprint density at radius 3 is 2.79 bits per heavy atom. The predicted octanol–water partition coefficient (Wildman–Crippen LogP) is 0.214. The quantitative estimate of drug-likeness (QED) is 0.555. The van der Waals surface area contributed by atoms with Gasteiger partial charge in [-0.25, -0.2) is 9.67 Å². The number of aromatic nitrogens is 3. The topological polar surface area (TPSA) is 143 Å². The summed E-state index contributed by atoms with van der Waals surface area (Å²) in [4.78, 5) is 42.7. The number of likely N-dealkylation sites (N-methyl/N-ethyl adjacent to an activating group) is 1. The molecule has 0 spiro atoms. The highest BCUT2D eigenvalue weighted by molar-refractivity contribution is 5.93. The zero-order valence-corrected chi connectivity index (χ0v) is 18.9. The molecule has 2 atom stereocenters. The molecule has 0 unspecified atom stereocenters. The fourth-order valence-electron chi connectivity index (χ4n) is 4.60. The Morgan fingerprint density at radius 2 is 2.12 bits per heavy atom. The van der Waals surface area contributed by atoms with Gasteiger partial charge in [-0.15, -0.1) is 0 Å². The number of aliphatic hydroxyl groups is 1. The number of hydrogen-bond donors (Lipinski definition) is 3. The Balaban J connectivity index is 1.49. The number of nitrogens with one attached hydrogen (secondary N) is 1. The highest BCUT2D eigenvalue weighted by Gasteiger charge is 2.42.